The highest BCUT2D eigenvalue weighted by molar-refractivity contribution is 7.92. The van der Waals surface area contributed by atoms with Crippen molar-refractivity contribution in [2.24, 2.45) is 0 Å². The molecule has 0 amide bonds. The van der Waals surface area contributed by atoms with E-state index in [0.717, 1.165) is 17.7 Å². The minimum Gasteiger partial charge on any atom is -0.266 e. The summed E-state index contributed by atoms with van der Waals surface area (Å²) in [5.74, 6) is -0.793. The van der Waals surface area contributed by atoms with E-state index in [1.807, 2.05) is 12.1 Å². The number of para-hydroxylation sites is 1. The standard InChI is InChI=1S/C14H11ClFNO2S/c15-11-5-6-12(16)14(9-11)20(18,19)17-8-7-10-3-1-2-4-13(10)17/h1-6,9H,7-8H2. The molecule has 1 aliphatic heterocycles. The third kappa shape index (κ3) is 2.07. The van der Waals surface area contributed by atoms with Crippen LogP contribution in [-0.2, 0) is 16.4 Å². The molecular weight excluding hydrogens is 301 g/mol. The Morgan fingerprint density at radius 2 is 1.90 bits per heavy atom. The zero-order chi connectivity index (χ0) is 14.3. The molecule has 0 saturated heterocycles. The molecule has 0 unspecified atom stereocenters. The normalized spacial score (nSPS) is 14.4. The molecule has 0 saturated carbocycles. The molecule has 0 atom stereocenters. The summed E-state index contributed by atoms with van der Waals surface area (Å²) in [4.78, 5) is -0.387. The number of halogens is 2. The van der Waals surface area contributed by atoms with Gasteiger partial charge >= 0.3 is 0 Å². The monoisotopic (exact) mass is 311 g/mol. The van der Waals surface area contributed by atoms with Gasteiger partial charge in [0.1, 0.15) is 10.7 Å². The lowest BCUT2D eigenvalue weighted by atomic mass is 10.2. The molecule has 0 N–H and O–H groups in total. The summed E-state index contributed by atoms with van der Waals surface area (Å²) >= 11 is 5.78. The van der Waals surface area contributed by atoms with E-state index in [4.69, 9.17) is 11.6 Å². The van der Waals surface area contributed by atoms with Crippen molar-refractivity contribution < 1.29 is 12.8 Å². The van der Waals surface area contributed by atoms with Gasteiger partial charge < -0.3 is 0 Å². The number of fused-ring (bicyclic) bond motifs is 1. The molecular formula is C14H11ClFNO2S. The van der Waals surface area contributed by atoms with Gasteiger partial charge in [-0.2, -0.15) is 0 Å². The summed E-state index contributed by atoms with van der Waals surface area (Å²) in [6.07, 6.45) is 0.623. The molecule has 1 heterocycles. The van der Waals surface area contributed by atoms with Crippen molar-refractivity contribution in [3.05, 3.63) is 58.9 Å². The van der Waals surface area contributed by atoms with E-state index >= 15 is 0 Å². The highest BCUT2D eigenvalue weighted by Crippen LogP contribution is 2.33. The third-order valence-corrected chi connectivity index (χ3v) is 5.37. The van der Waals surface area contributed by atoms with Crippen molar-refractivity contribution in [2.75, 3.05) is 10.8 Å². The molecule has 3 rings (SSSR count). The van der Waals surface area contributed by atoms with Gasteiger partial charge in [-0.15, -0.1) is 0 Å². The van der Waals surface area contributed by atoms with Crippen LogP contribution < -0.4 is 4.31 Å². The minimum absolute atomic E-state index is 0.192. The summed E-state index contributed by atoms with van der Waals surface area (Å²) in [6.45, 7) is 0.313. The molecule has 0 aliphatic carbocycles. The van der Waals surface area contributed by atoms with Crippen LogP contribution in [0.5, 0.6) is 0 Å². The topological polar surface area (TPSA) is 37.4 Å². The molecule has 2 aromatic carbocycles. The van der Waals surface area contributed by atoms with Crippen molar-refractivity contribution in [1.82, 2.24) is 0 Å². The van der Waals surface area contributed by atoms with Crippen LogP contribution in [0.15, 0.2) is 47.4 Å². The number of sulfonamides is 1. The first-order valence-corrected chi connectivity index (χ1v) is 7.87. The second-order valence-electron chi connectivity index (χ2n) is 4.53. The molecule has 0 aromatic heterocycles. The molecule has 1 aliphatic rings. The number of anilines is 1. The number of benzene rings is 2. The van der Waals surface area contributed by atoms with Gasteiger partial charge in [-0.25, -0.2) is 12.8 Å². The fraction of sp³-hybridized carbons (Fsp3) is 0.143. The van der Waals surface area contributed by atoms with Crippen LogP contribution in [0.1, 0.15) is 5.56 Å². The van der Waals surface area contributed by atoms with Gasteiger partial charge in [-0.1, -0.05) is 29.8 Å². The van der Waals surface area contributed by atoms with Crippen LogP contribution in [0.25, 0.3) is 0 Å². The van der Waals surface area contributed by atoms with E-state index in [-0.39, 0.29) is 9.92 Å². The number of nitrogens with zero attached hydrogens (tertiary/aromatic N) is 1. The third-order valence-electron chi connectivity index (χ3n) is 3.31. The van der Waals surface area contributed by atoms with Crippen molar-refractivity contribution >= 4 is 27.3 Å². The first-order valence-electron chi connectivity index (χ1n) is 6.06. The lowest BCUT2D eigenvalue weighted by Gasteiger charge is -2.20. The van der Waals surface area contributed by atoms with Crippen molar-refractivity contribution in [2.45, 2.75) is 11.3 Å². The molecule has 2 aromatic rings. The van der Waals surface area contributed by atoms with Crippen LogP contribution in [0.3, 0.4) is 0 Å². The molecule has 0 bridgehead atoms. The summed E-state index contributed by atoms with van der Waals surface area (Å²) in [6, 6.07) is 10.8. The van der Waals surface area contributed by atoms with E-state index in [0.29, 0.717) is 18.7 Å². The maximum Gasteiger partial charge on any atom is 0.267 e. The highest BCUT2D eigenvalue weighted by atomic mass is 35.5. The van der Waals surface area contributed by atoms with E-state index in [9.17, 15) is 12.8 Å². The van der Waals surface area contributed by atoms with E-state index in [2.05, 4.69) is 0 Å². The fourth-order valence-corrected chi connectivity index (χ4v) is 4.18. The largest absolute Gasteiger partial charge is 0.267 e. The van der Waals surface area contributed by atoms with Gasteiger partial charge in [0.05, 0.1) is 5.69 Å². The van der Waals surface area contributed by atoms with Gasteiger partial charge in [-0.3, -0.25) is 4.31 Å². The van der Waals surface area contributed by atoms with Gasteiger partial charge in [-0.05, 0) is 36.2 Å². The lowest BCUT2D eigenvalue weighted by Crippen LogP contribution is -2.29. The summed E-state index contributed by atoms with van der Waals surface area (Å²) in [7, 11) is -3.93. The molecule has 104 valence electrons. The first kappa shape index (κ1) is 13.4. The minimum atomic E-state index is -3.93. The Bertz CT molecular complexity index is 776. The molecule has 3 nitrogen and oxygen atoms in total. The number of hydrogen-bond donors (Lipinski definition) is 0. The van der Waals surface area contributed by atoms with Crippen LogP contribution >= 0.6 is 11.6 Å². The van der Waals surface area contributed by atoms with Crippen LogP contribution in [0.2, 0.25) is 5.02 Å². The van der Waals surface area contributed by atoms with Gasteiger partial charge in [0.15, 0.2) is 0 Å². The van der Waals surface area contributed by atoms with Gasteiger partial charge in [0.2, 0.25) is 0 Å². The number of hydrogen-bond acceptors (Lipinski definition) is 2. The molecule has 0 radical (unpaired) electrons. The molecule has 6 heteroatoms. The molecule has 0 spiro atoms. The summed E-state index contributed by atoms with van der Waals surface area (Å²) in [5.41, 5.74) is 1.55. The van der Waals surface area contributed by atoms with Crippen LogP contribution in [0, 0.1) is 5.82 Å². The van der Waals surface area contributed by atoms with Crippen LogP contribution in [0.4, 0.5) is 10.1 Å². The Morgan fingerprint density at radius 3 is 2.70 bits per heavy atom. The second-order valence-corrected chi connectivity index (χ2v) is 6.80. The maximum absolute atomic E-state index is 13.8. The smallest absolute Gasteiger partial charge is 0.266 e. The van der Waals surface area contributed by atoms with Gasteiger partial charge in [0.25, 0.3) is 10.0 Å². The van der Waals surface area contributed by atoms with E-state index in [1.165, 1.54) is 10.4 Å². The second kappa shape index (κ2) is 4.75. The quantitative estimate of drug-likeness (QED) is 0.854. The predicted molar refractivity (Wildman–Crippen MR) is 76.1 cm³/mol. The fourth-order valence-electron chi connectivity index (χ4n) is 2.35. The maximum atomic E-state index is 13.8. The Kier molecular flexibility index (Phi) is 3.18. The predicted octanol–water partition coefficient (Wildman–Crippen LogP) is 3.23. The zero-order valence-corrected chi connectivity index (χ0v) is 12.0. The van der Waals surface area contributed by atoms with Crippen LogP contribution in [-0.4, -0.2) is 15.0 Å². The Hall–Kier alpha value is -1.59. The Labute approximate surface area is 121 Å². The van der Waals surface area contributed by atoms with E-state index in [1.54, 1.807) is 12.1 Å². The Balaban J connectivity index is 2.13. The summed E-state index contributed by atoms with van der Waals surface area (Å²) < 4.78 is 40.3. The number of rotatable bonds is 2. The van der Waals surface area contributed by atoms with Crippen molar-refractivity contribution in [3.8, 4) is 0 Å². The van der Waals surface area contributed by atoms with Crippen molar-refractivity contribution in [3.63, 3.8) is 0 Å². The van der Waals surface area contributed by atoms with E-state index < -0.39 is 15.8 Å². The molecule has 0 fully saturated rings. The average molecular weight is 312 g/mol. The van der Waals surface area contributed by atoms with Gasteiger partial charge in [0, 0.05) is 11.6 Å². The lowest BCUT2D eigenvalue weighted by molar-refractivity contribution is 0.564. The highest BCUT2D eigenvalue weighted by Gasteiger charge is 2.32. The molecule has 20 heavy (non-hydrogen) atoms. The first-order chi connectivity index (χ1) is 9.50. The average Bonchev–Trinajstić information content (AvgIpc) is 2.86. The Morgan fingerprint density at radius 1 is 1.15 bits per heavy atom. The SMILES string of the molecule is O=S(=O)(c1cc(Cl)ccc1F)N1CCc2ccccc21. The van der Waals surface area contributed by atoms with Crippen molar-refractivity contribution in [1.29, 1.82) is 0 Å². The zero-order valence-electron chi connectivity index (χ0n) is 10.4. The summed E-state index contributed by atoms with van der Waals surface area (Å²) in [5, 5.41) is 0.192.